The zero-order valence-electron chi connectivity index (χ0n) is 16.3. The van der Waals surface area contributed by atoms with Crippen molar-refractivity contribution >= 4 is 44.0 Å². The number of nitrogens with one attached hydrogen (secondary N) is 1. The molecule has 0 aliphatic carbocycles. The van der Waals surface area contributed by atoms with Gasteiger partial charge in [0, 0.05) is 27.1 Å². The highest BCUT2D eigenvalue weighted by Crippen LogP contribution is 2.31. The Balaban J connectivity index is 1.80. The minimum absolute atomic E-state index is 0.130. The average Bonchev–Trinajstić information content (AvgIpc) is 2.98. The molecule has 2 N–H and O–H groups in total. The molecule has 0 spiro atoms. The van der Waals surface area contributed by atoms with Crippen molar-refractivity contribution in [2.45, 2.75) is 27.2 Å². The number of carbonyl (C=O) groups excluding carboxylic acids is 1. The number of hydrogen-bond donors (Lipinski definition) is 2. The number of rotatable bonds is 5. The molecular weight excluding hydrogens is 498 g/mol. The van der Waals surface area contributed by atoms with E-state index in [-0.39, 0.29) is 11.3 Å². The molecular formula is C22H21Br2N3O2. The standard InChI is InChI=1S/C22H21Br2N3O2/c1-4-15-5-7-18(8-6-15)27-13(2)9-16(14(27)3)12-25-26-22(29)19-10-17(23)11-20(24)21(19)28/h5-12,28H,4H2,1-3H3,(H,26,29)/b25-12-. The first-order valence-corrected chi connectivity index (χ1v) is 10.7. The second-order valence-corrected chi connectivity index (χ2v) is 8.43. The topological polar surface area (TPSA) is 66.6 Å². The van der Waals surface area contributed by atoms with Crippen LogP contribution in [0.15, 0.2) is 56.5 Å². The summed E-state index contributed by atoms with van der Waals surface area (Å²) >= 11 is 6.53. The van der Waals surface area contributed by atoms with E-state index < -0.39 is 5.91 Å². The van der Waals surface area contributed by atoms with Crippen LogP contribution in [0.5, 0.6) is 5.75 Å². The molecule has 1 amide bonds. The SMILES string of the molecule is CCc1ccc(-n2c(C)cc(/C=N\NC(=O)c3cc(Br)cc(Br)c3O)c2C)cc1. The molecule has 0 fully saturated rings. The van der Waals surface area contributed by atoms with Crippen molar-refractivity contribution in [1.82, 2.24) is 9.99 Å². The summed E-state index contributed by atoms with van der Waals surface area (Å²) in [4.78, 5) is 12.4. The Morgan fingerprint density at radius 1 is 1.17 bits per heavy atom. The summed E-state index contributed by atoms with van der Waals surface area (Å²) in [6, 6.07) is 13.7. The Morgan fingerprint density at radius 3 is 2.52 bits per heavy atom. The van der Waals surface area contributed by atoms with Gasteiger partial charge in [0.05, 0.1) is 16.3 Å². The van der Waals surface area contributed by atoms with Crippen molar-refractivity contribution in [3.05, 3.63) is 79.5 Å². The normalized spacial score (nSPS) is 11.2. The Kier molecular flexibility index (Phi) is 6.59. The number of aromatic nitrogens is 1. The number of benzene rings is 2. The largest absolute Gasteiger partial charge is 0.506 e. The van der Waals surface area contributed by atoms with Crippen LogP contribution in [0.1, 0.15) is 39.8 Å². The van der Waals surface area contributed by atoms with Gasteiger partial charge < -0.3 is 9.67 Å². The summed E-state index contributed by atoms with van der Waals surface area (Å²) in [6.07, 6.45) is 2.62. The van der Waals surface area contributed by atoms with Gasteiger partial charge in [-0.3, -0.25) is 4.79 Å². The van der Waals surface area contributed by atoms with Gasteiger partial charge in [0.2, 0.25) is 0 Å². The minimum atomic E-state index is -0.496. The second-order valence-electron chi connectivity index (χ2n) is 6.66. The lowest BCUT2D eigenvalue weighted by molar-refractivity contribution is 0.0952. The number of carbonyl (C=O) groups is 1. The van der Waals surface area contributed by atoms with Gasteiger partial charge in [-0.1, -0.05) is 35.0 Å². The third-order valence-corrected chi connectivity index (χ3v) is 5.78. The van der Waals surface area contributed by atoms with Gasteiger partial charge in [0.15, 0.2) is 0 Å². The molecule has 0 unspecified atom stereocenters. The summed E-state index contributed by atoms with van der Waals surface area (Å²) < 4.78 is 3.26. The maximum atomic E-state index is 12.4. The van der Waals surface area contributed by atoms with Crippen molar-refractivity contribution in [2.75, 3.05) is 0 Å². The third-order valence-electron chi connectivity index (χ3n) is 4.72. The number of hydrazone groups is 1. The highest BCUT2D eigenvalue weighted by molar-refractivity contribution is 9.11. The molecule has 3 rings (SSSR count). The summed E-state index contributed by atoms with van der Waals surface area (Å²) in [5.41, 5.74) is 7.99. The predicted molar refractivity (Wildman–Crippen MR) is 123 cm³/mol. The molecule has 2 aromatic carbocycles. The first-order chi connectivity index (χ1) is 13.8. The van der Waals surface area contributed by atoms with Gasteiger partial charge in [-0.25, -0.2) is 5.43 Å². The Labute approximate surface area is 186 Å². The van der Waals surface area contributed by atoms with Crippen LogP contribution in [-0.2, 0) is 6.42 Å². The van der Waals surface area contributed by atoms with E-state index in [9.17, 15) is 9.90 Å². The number of nitrogens with zero attached hydrogens (tertiary/aromatic N) is 2. The lowest BCUT2D eigenvalue weighted by atomic mass is 10.1. The highest BCUT2D eigenvalue weighted by atomic mass is 79.9. The molecule has 0 saturated carbocycles. The van der Waals surface area contributed by atoms with Gasteiger partial charge in [0.25, 0.3) is 5.91 Å². The van der Waals surface area contributed by atoms with E-state index in [1.54, 1.807) is 12.3 Å². The Hall–Kier alpha value is -2.38. The van der Waals surface area contributed by atoms with Crippen LogP contribution in [0.2, 0.25) is 0 Å². The number of phenols is 1. The molecule has 1 heterocycles. The van der Waals surface area contributed by atoms with Gasteiger partial charge in [0.1, 0.15) is 5.75 Å². The van der Waals surface area contributed by atoms with Crippen LogP contribution >= 0.6 is 31.9 Å². The molecule has 0 saturated heterocycles. The Bertz CT molecular complexity index is 1090. The van der Waals surface area contributed by atoms with Crippen LogP contribution in [0.25, 0.3) is 5.69 Å². The molecule has 0 atom stereocenters. The number of phenolic OH excluding ortho intramolecular Hbond substituents is 1. The maximum Gasteiger partial charge on any atom is 0.275 e. The van der Waals surface area contributed by atoms with Gasteiger partial charge >= 0.3 is 0 Å². The van der Waals surface area contributed by atoms with Crippen LogP contribution in [0, 0.1) is 13.8 Å². The van der Waals surface area contributed by atoms with Gasteiger partial charge in [-0.15, -0.1) is 0 Å². The number of aromatic hydroxyl groups is 1. The fraction of sp³-hybridized carbons (Fsp3) is 0.182. The molecule has 0 aliphatic rings. The number of aryl methyl sites for hydroxylation is 2. The molecule has 29 heavy (non-hydrogen) atoms. The van der Waals surface area contributed by atoms with E-state index in [1.807, 2.05) is 19.9 Å². The van der Waals surface area contributed by atoms with Crippen LogP contribution < -0.4 is 5.43 Å². The molecule has 1 aromatic heterocycles. The first kappa shape index (κ1) is 21.3. The van der Waals surface area contributed by atoms with E-state index in [0.29, 0.717) is 8.95 Å². The molecule has 150 valence electrons. The maximum absolute atomic E-state index is 12.4. The fourth-order valence-electron chi connectivity index (χ4n) is 3.16. The third kappa shape index (κ3) is 4.62. The molecule has 3 aromatic rings. The predicted octanol–water partition coefficient (Wildman–Crippen LogP) is 5.65. The number of halogens is 2. The van der Waals surface area contributed by atoms with Crippen LogP contribution in [-0.4, -0.2) is 21.8 Å². The number of hydrogen-bond acceptors (Lipinski definition) is 3. The first-order valence-electron chi connectivity index (χ1n) is 9.11. The molecule has 7 heteroatoms. The lowest BCUT2D eigenvalue weighted by Gasteiger charge is -2.10. The van der Waals surface area contributed by atoms with Gasteiger partial charge in [-0.05, 0) is 72.1 Å². The summed E-state index contributed by atoms with van der Waals surface area (Å²) in [6.45, 7) is 6.19. The highest BCUT2D eigenvalue weighted by Gasteiger charge is 2.15. The van der Waals surface area contributed by atoms with E-state index >= 15 is 0 Å². The summed E-state index contributed by atoms with van der Waals surface area (Å²) in [7, 11) is 0. The molecule has 0 bridgehead atoms. The van der Waals surface area contributed by atoms with E-state index in [0.717, 1.165) is 29.1 Å². The van der Waals surface area contributed by atoms with Crippen LogP contribution in [0.4, 0.5) is 0 Å². The smallest absolute Gasteiger partial charge is 0.275 e. The molecule has 0 aliphatic heterocycles. The monoisotopic (exact) mass is 517 g/mol. The van der Waals surface area contributed by atoms with Crippen molar-refractivity contribution in [1.29, 1.82) is 0 Å². The van der Waals surface area contributed by atoms with Crippen molar-refractivity contribution in [3.8, 4) is 11.4 Å². The quantitative estimate of drug-likeness (QED) is 0.338. The molecule has 0 radical (unpaired) electrons. The fourth-order valence-corrected chi connectivity index (χ4v) is 4.38. The molecule has 5 nitrogen and oxygen atoms in total. The van der Waals surface area contributed by atoms with E-state index in [1.165, 1.54) is 11.6 Å². The van der Waals surface area contributed by atoms with Crippen LogP contribution in [0.3, 0.4) is 0 Å². The van der Waals surface area contributed by atoms with Gasteiger partial charge in [-0.2, -0.15) is 5.10 Å². The summed E-state index contributed by atoms with van der Waals surface area (Å²) in [5.74, 6) is -0.626. The minimum Gasteiger partial charge on any atom is -0.506 e. The van der Waals surface area contributed by atoms with Crippen molar-refractivity contribution in [2.24, 2.45) is 5.10 Å². The van der Waals surface area contributed by atoms with Crippen molar-refractivity contribution < 1.29 is 9.90 Å². The average molecular weight is 519 g/mol. The lowest BCUT2D eigenvalue weighted by Crippen LogP contribution is -2.18. The zero-order valence-corrected chi connectivity index (χ0v) is 19.5. The van der Waals surface area contributed by atoms with E-state index in [4.69, 9.17) is 0 Å². The Morgan fingerprint density at radius 2 is 1.86 bits per heavy atom. The zero-order chi connectivity index (χ0) is 21.1. The second kappa shape index (κ2) is 8.97. The number of amides is 1. The van der Waals surface area contributed by atoms with E-state index in [2.05, 4.69) is 78.1 Å². The van der Waals surface area contributed by atoms with Crippen molar-refractivity contribution in [3.63, 3.8) is 0 Å². The summed E-state index contributed by atoms with van der Waals surface area (Å²) in [5, 5.41) is 14.1.